The number of rotatable bonds is 1. The van der Waals surface area contributed by atoms with Crippen molar-refractivity contribution >= 4 is 29.6 Å². The van der Waals surface area contributed by atoms with E-state index < -0.39 is 6.03 Å². The first-order chi connectivity index (χ1) is 3.31. The number of carbonyl (C=O) groups excluding carboxylic acids is 1. The summed E-state index contributed by atoms with van der Waals surface area (Å²) < 4.78 is 0. The lowest BCUT2D eigenvalue weighted by molar-refractivity contribution is 0.245. The van der Waals surface area contributed by atoms with Gasteiger partial charge in [-0.25, -0.2) is 9.63 Å². The second-order valence-electron chi connectivity index (χ2n) is 0.643. The molecule has 0 saturated carbocycles. The predicted molar refractivity (Wildman–Crippen MR) is 26.5 cm³/mol. The Hall–Kier alpha value is -0.190. The summed E-state index contributed by atoms with van der Waals surface area (Å²) in [4.78, 5) is 13.5. The molecule has 0 aliphatic rings. The van der Waals surface area contributed by atoms with E-state index in [1.54, 1.807) is 4.84 Å². The first-order valence-electron chi connectivity index (χ1n) is 1.33. The molecular weight excluding hydrogens is 141 g/mol. The number of hydrogen-bond acceptors (Lipinski definition) is 2. The standard InChI is InChI=1S/CH3Cl2N3O/c2-4-1(7)5-6-3/h6H,(H2,4,5,7). The number of halogens is 2. The fourth-order valence-electron chi connectivity index (χ4n) is 0.0665. The molecule has 0 heterocycles. The lowest BCUT2D eigenvalue weighted by atomic mass is 11.2. The minimum absolute atomic E-state index is 0.600. The highest BCUT2D eigenvalue weighted by Crippen LogP contribution is 1.62. The normalized spacial score (nSPS) is 7.71. The zero-order chi connectivity index (χ0) is 5.70. The monoisotopic (exact) mass is 143 g/mol. The number of urea groups is 1. The third-order valence-electron chi connectivity index (χ3n) is 0.247. The van der Waals surface area contributed by atoms with Crippen LogP contribution in [-0.2, 0) is 0 Å². The van der Waals surface area contributed by atoms with Crippen molar-refractivity contribution in [2.75, 3.05) is 0 Å². The molecule has 6 heteroatoms. The number of hydrogen-bond donors (Lipinski definition) is 3. The molecule has 0 spiro atoms. The molecule has 0 saturated heterocycles. The highest BCUT2D eigenvalue weighted by molar-refractivity contribution is 6.21. The van der Waals surface area contributed by atoms with Crippen molar-refractivity contribution < 1.29 is 4.79 Å². The topological polar surface area (TPSA) is 53.2 Å². The van der Waals surface area contributed by atoms with Crippen molar-refractivity contribution in [3.63, 3.8) is 0 Å². The molecule has 3 N–H and O–H groups in total. The molecular formula is CH3Cl2N3O. The Labute approximate surface area is 50.4 Å². The van der Waals surface area contributed by atoms with Gasteiger partial charge >= 0.3 is 6.03 Å². The molecule has 0 rings (SSSR count). The van der Waals surface area contributed by atoms with Gasteiger partial charge in [0.2, 0.25) is 0 Å². The zero-order valence-electron chi connectivity index (χ0n) is 3.16. The smallest absolute Gasteiger partial charge is 0.258 e. The Morgan fingerprint density at radius 2 is 2.00 bits per heavy atom. The van der Waals surface area contributed by atoms with Crippen LogP contribution in [0.4, 0.5) is 4.79 Å². The largest absolute Gasteiger partial charge is 0.344 e. The molecule has 0 aliphatic carbocycles. The minimum atomic E-state index is -0.600. The van der Waals surface area contributed by atoms with Crippen molar-refractivity contribution in [2.45, 2.75) is 0 Å². The van der Waals surface area contributed by atoms with E-state index >= 15 is 0 Å². The summed E-state index contributed by atoms with van der Waals surface area (Å²) in [6.07, 6.45) is 0. The Balaban J connectivity index is 3.00. The van der Waals surface area contributed by atoms with Gasteiger partial charge in [0.15, 0.2) is 0 Å². The van der Waals surface area contributed by atoms with Gasteiger partial charge in [-0.15, -0.1) is 4.94 Å². The molecule has 0 aliphatic heterocycles. The molecule has 0 fully saturated rings. The highest BCUT2D eigenvalue weighted by atomic mass is 35.5. The van der Waals surface area contributed by atoms with E-state index in [4.69, 9.17) is 23.6 Å². The average molecular weight is 144 g/mol. The van der Waals surface area contributed by atoms with E-state index in [0.717, 1.165) is 0 Å². The summed E-state index contributed by atoms with van der Waals surface area (Å²) in [6, 6.07) is -0.600. The third-order valence-corrected chi connectivity index (χ3v) is 0.513. The van der Waals surface area contributed by atoms with Crippen LogP contribution in [0.25, 0.3) is 0 Å². The Morgan fingerprint density at radius 1 is 1.43 bits per heavy atom. The Bertz CT molecular complexity index is 66.0. The van der Waals surface area contributed by atoms with E-state index in [9.17, 15) is 4.79 Å². The average Bonchev–Trinajstić information content (AvgIpc) is 1.68. The lowest BCUT2D eigenvalue weighted by Gasteiger charge is -1.93. The van der Waals surface area contributed by atoms with Crippen LogP contribution in [0.1, 0.15) is 0 Å². The van der Waals surface area contributed by atoms with E-state index in [-0.39, 0.29) is 0 Å². The van der Waals surface area contributed by atoms with E-state index in [1.807, 2.05) is 10.4 Å². The molecule has 0 bridgehead atoms. The maximum Gasteiger partial charge on any atom is 0.344 e. The maximum absolute atomic E-state index is 9.91. The Kier molecular flexibility index (Phi) is 3.87. The van der Waals surface area contributed by atoms with Crippen molar-refractivity contribution in [1.29, 1.82) is 0 Å². The molecule has 0 aromatic carbocycles. The second kappa shape index (κ2) is 3.98. The van der Waals surface area contributed by atoms with Crippen molar-refractivity contribution in [2.24, 2.45) is 0 Å². The van der Waals surface area contributed by atoms with Crippen molar-refractivity contribution in [3.8, 4) is 0 Å². The minimum Gasteiger partial charge on any atom is -0.258 e. The SMILES string of the molecule is O=C(NCl)NNCl. The van der Waals surface area contributed by atoms with Gasteiger partial charge in [-0.3, -0.25) is 5.43 Å². The van der Waals surface area contributed by atoms with Crippen molar-refractivity contribution in [1.82, 2.24) is 15.2 Å². The van der Waals surface area contributed by atoms with Crippen LogP contribution in [0.5, 0.6) is 0 Å². The molecule has 2 amide bonds. The second-order valence-corrected chi connectivity index (χ2v) is 1.02. The number of amides is 2. The fraction of sp³-hybridized carbons (Fsp3) is 0. The quantitative estimate of drug-likeness (QED) is 0.361. The summed E-state index contributed by atoms with van der Waals surface area (Å²) in [6.45, 7) is 0. The van der Waals surface area contributed by atoms with E-state index in [0.29, 0.717) is 0 Å². The van der Waals surface area contributed by atoms with Gasteiger partial charge in [-0.1, -0.05) is 0 Å². The molecule has 7 heavy (non-hydrogen) atoms. The molecule has 0 aromatic rings. The van der Waals surface area contributed by atoms with E-state index in [1.165, 1.54) is 0 Å². The van der Waals surface area contributed by atoms with Gasteiger partial charge in [0.1, 0.15) is 0 Å². The van der Waals surface area contributed by atoms with Gasteiger partial charge < -0.3 is 0 Å². The third kappa shape index (κ3) is 3.65. The fourth-order valence-corrected chi connectivity index (χ4v) is 0.200. The van der Waals surface area contributed by atoms with Crippen LogP contribution in [-0.4, -0.2) is 6.03 Å². The van der Waals surface area contributed by atoms with Crippen LogP contribution >= 0.6 is 23.6 Å². The summed E-state index contributed by atoms with van der Waals surface area (Å²) in [5, 5.41) is 0. The Morgan fingerprint density at radius 3 is 2.14 bits per heavy atom. The lowest BCUT2D eigenvalue weighted by Crippen LogP contribution is -2.35. The molecule has 42 valence electrons. The van der Waals surface area contributed by atoms with Crippen LogP contribution in [0, 0.1) is 0 Å². The van der Waals surface area contributed by atoms with Crippen LogP contribution in [0.2, 0.25) is 0 Å². The van der Waals surface area contributed by atoms with Crippen molar-refractivity contribution in [3.05, 3.63) is 0 Å². The summed E-state index contributed by atoms with van der Waals surface area (Å²) >= 11 is 9.56. The molecule has 0 radical (unpaired) electrons. The van der Waals surface area contributed by atoms with Gasteiger partial charge in [-0.2, -0.15) is 0 Å². The molecule has 0 unspecified atom stereocenters. The van der Waals surface area contributed by atoms with Crippen LogP contribution < -0.4 is 15.2 Å². The first kappa shape index (κ1) is 6.81. The molecule has 0 atom stereocenters. The van der Waals surface area contributed by atoms with Crippen LogP contribution in [0.3, 0.4) is 0 Å². The summed E-state index contributed by atoms with van der Waals surface area (Å²) in [5.74, 6) is 0. The molecule has 4 nitrogen and oxygen atoms in total. The first-order valence-corrected chi connectivity index (χ1v) is 2.09. The van der Waals surface area contributed by atoms with Gasteiger partial charge in [-0.05, 0) is 11.8 Å². The van der Waals surface area contributed by atoms with Crippen LogP contribution in [0.15, 0.2) is 0 Å². The number of nitrogens with one attached hydrogen (secondary N) is 3. The summed E-state index contributed by atoms with van der Waals surface area (Å²) in [5.41, 5.74) is 1.93. The number of hydrazine groups is 1. The number of carbonyl (C=O) groups is 1. The zero-order valence-corrected chi connectivity index (χ0v) is 4.68. The highest BCUT2D eigenvalue weighted by Gasteiger charge is 1.89. The maximum atomic E-state index is 9.91. The van der Waals surface area contributed by atoms with Gasteiger partial charge in [0, 0.05) is 11.8 Å². The van der Waals surface area contributed by atoms with Gasteiger partial charge in [0.25, 0.3) is 0 Å². The summed E-state index contributed by atoms with van der Waals surface area (Å²) in [7, 11) is 0. The molecule has 0 aromatic heterocycles. The van der Waals surface area contributed by atoms with E-state index in [2.05, 4.69) is 0 Å². The van der Waals surface area contributed by atoms with Gasteiger partial charge in [0.05, 0.1) is 0 Å². The predicted octanol–water partition coefficient (Wildman–Crippen LogP) is 0.0978.